The van der Waals surface area contributed by atoms with Crippen LogP contribution in [0, 0.1) is 0 Å². The molecule has 0 aliphatic carbocycles. The molecule has 1 heterocycles. The smallest absolute Gasteiger partial charge is 0.254 e. The van der Waals surface area contributed by atoms with Crippen molar-refractivity contribution in [1.29, 1.82) is 0 Å². The minimum atomic E-state index is -0.415. The number of likely N-dealkylation sites (tertiary alicyclic amines) is 1. The Balaban J connectivity index is 2.01. The van der Waals surface area contributed by atoms with Gasteiger partial charge in [-0.05, 0) is 17.7 Å². The molecule has 4 nitrogen and oxygen atoms in total. The van der Waals surface area contributed by atoms with Gasteiger partial charge >= 0.3 is 0 Å². The maximum absolute atomic E-state index is 12.8. The second kappa shape index (κ2) is 6.67. The van der Waals surface area contributed by atoms with E-state index < -0.39 is 6.10 Å². The molecule has 0 spiro atoms. The molecule has 0 unspecified atom stereocenters. The average Bonchev–Trinajstić information content (AvgIpc) is 2.57. The number of methoxy groups -OCH3 is 1. The van der Waals surface area contributed by atoms with Gasteiger partial charge in [0.25, 0.3) is 5.91 Å². The number of ether oxygens (including phenoxy) is 1. The highest BCUT2D eigenvalue weighted by Crippen LogP contribution is 2.27. The predicted molar refractivity (Wildman–Crippen MR) is 89.9 cm³/mol. The first-order valence-corrected chi connectivity index (χ1v) is 7.56. The van der Waals surface area contributed by atoms with Gasteiger partial charge < -0.3 is 14.7 Å². The van der Waals surface area contributed by atoms with Crippen molar-refractivity contribution in [2.24, 2.45) is 0 Å². The summed E-state index contributed by atoms with van der Waals surface area (Å²) in [6, 6.07) is 17.1. The molecule has 2 aromatic carbocycles. The van der Waals surface area contributed by atoms with Crippen molar-refractivity contribution in [3.05, 3.63) is 65.7 Å². The largest absolute Gasteiger partial charge is 0.496 e. The summed E-state index contributed by atoms with van der Waals surface area (Å²) in [6.07, 6.45) is 1.43. The third kappa shape index (κ3) is 3.27. The van der Waals surface area contributed by atoms with E-state index in [1.807, 2.05) is 60.7 Å². The van der Waals surface area contributed by atoms with E-state index in [1.165, 1.54) is 0 Å². The number of aliphatic hydroxyl groups excluding tert-OH is 1. The molecule has 1 fully saturated rings. The molecule has 1 amide bonds. The first kappa shape index (κ1) is 15.3. The van der Waals surface area contributed by atoms with E-state index in [-0.39, 0.29) is 5.91 Å². The molecule has 1 aliphatic heterocycles. The molecule has 1 saturated heterocycles. The van der Waals surface area contributed by atoms with Crippen molar-refractivity contribution < 1.29 is 14.6 Å². The van der Waals surface area contributed by atoms with E-state index in [1.54, 1.807) is 12.0 Å². The highest BCUT2D eigenvalue weighted by molar-refractivity contribution is 6.24. The van der Waals surface area contributed by atoms with Crippen molar-refractivity contribution in [2.75, 3.05) is 20.2 Å². The van der Waals surface area contributed by atoms with E-state index in [9.17, 15) is 9.90 Å². The van der Waals surface area contributed by atoms with Gasteiger partial charge in [0, 0.05) is 24.2 Å². The summed E-state index contributed by atoms with van der Waals surface area (Å²) in [7, 11) is 1.61. The van der Waals surface area contributed by atoms with Crippen LogP contribution >= 0.6 is 0 Å². The number of hydrogen-bond donors (Lipinski definition) is 1. The monoisotopic (exact) mass is 309 g/mol. The predicted octanol–water partition coefficient (Wildman–Crippen LogP) is 2.44. The standard InChI is InChI=1S/C19H19NO3/c1-23-18-10-6-5-9-15(18)11-17(14-7-3-2-4-8-14)19(22)20-12-16(21)13-20/h2-11,16,21H,12-13H2,1H3/b17-11+. The first-order chi connectivity index (χ1) is 11.2. The van der Waals surface area contributed by atoms with Crippen LogP contribution in [0.5, 0.6) is 5.75 Å². The molecule has 0 bridgehead atoms. The van der Waals surface area contributed by atoms with Crippen LogP contribution < -0.4 is 4.74 Å². The highest BCUT2D eigenvalue weighted by Gasteiger charge is 2.31. The molecule has 1 aliphatic rings. The highest BCUT2D eigenvalue weighted by atomic mass is 16.5. The van der Waals surface area contributed by atoms with Crippen LogP contribution in [0.25, 0.3) is 11.6 Å². The van der Waals surface area contributed by atoms with E-state index in [4.69, 9.17) is 4.74 Å². The Bertz CT molecular complexity index is 718. The van der Waals surface area contributed by atoms with E-state index in [0.29, 0.717) is 18.7 Å². The summed E-state index contributed by atoms with van der Waals surface area (Å²) in [5.74, 6) is 0.643. The van der Waals surface area contributed by atoms with Crippen LogP contribution in [0.1, 0.15) is 11.1 Å². The van der Waals surface area contributed by atoms with Crippen molar-refractivity contribution in [2.45, 2.75) is 6.10 Å². The van der Waals surface area contributed by atoms with Gasteiger partial charge in [-0.2, -0.15) is 0 Å². The Morgan fingerprint density at radius 1 is 1.13 bits per heavy atom. The molecule has 23 heavy (non-hydrogen) atoms. The zero-order valence-corrected chi connectivity index (χ0v) is 13.0. The Kier molecular flexibility index (Phi) is 4.44. The minimum absolute atomic E-state index is 0.0765. The van der Waals surface area contributed by atoms with Gasteiger partial charge in [-0.25, -0.2) is 0 Å². The fourth-order valence-electron chi connectivity index (χ4n) is 2.62. The van der Waals surface area contributed by atoms with Crippen LogP contribution in [0.3, 0.4) is 0 Å². The summed E-state index contributed by atoms with van der Waals surface area (Å²) >= 11 is 0. The molecule has 0 atom stereocenters. The maximum atomic E-state index is 12.8. The van der Waals surface area contributed by atoms with E-state index >= 15 is 0 Å². The normalized spacial score (nSPS) is 15.2. The van der Waals surface area contributed by atoms with E-state index in [0.717, 1.165) is 16.9 Å². The summed E-state index contributed by atoms with van der Waals surface area (Å²) in [6.45, 7) is 0.768. The fraction of sp³-hybridized carbons (Fsp3) is 0.211. The van der Waals surface area contributed by atoms with Crippen LogP contribution in [-0.4, -0.2) is 42.2 Å². The summed E-state index contributed by atoms with van der Waals surface area (Å²) in [5, 5.41) is 9.46. The molecule has 4 heteroatoms. The summed E-state index contributed by atoms with van der Waals surface area (Å²) in [5.41, 5.74) is 2.30. The number of β-amino-alcohol motifs (C(OH)–C–C–N with tert-alkyl or cyclic N) is 1. The maximum Gasteiger partial charge on any atom is 0.254 e. The fourth-order valence-corrected chi connectivity index (χ4v) is 2.62. The van der Waals surface area contributed by atoms with Crippen LogP contribution in [0.4, 0.5) is 0 Å². The van der Waals surface area contributed by atoms with Crippen molar-refractivity contribution in [3.8, 4) is 5.75 Å². The quantitative estimate of drug-likeness (QED) is 0.697. The second-order valence-corrected chi connectivity index (χ2v) is 5.53. The number of rotatable bonds is 4. The Morgan fingerprint density at radius 3 is 2.43 bits per heavy atom. The number of carbonyl (C=O) groups is 1. The number of benzene rings is 2. The van der Waals surface area contributed by atoms with Crippen molar-refractivity contribution in [1.82, 2.24) is 4.90 Å². The van der Waals surface area contributed by atoms with Crippen LogP contribution in [-0.2, 0) is 4.79 Å². The van der Waals surface area contributed by atoms with Gasteiger partial charge in [0.2, 0.25) is 0 Å². The molecule has 0 aromatic heterocycles. The lowest BCUT2D eigenvalue weighted by molar-refractivity contribution is -0.134. The summed E-state index contributed by atoms with van der Waals surface area (Å²) < 4.78 is 5.37. The van der Waals surface area contributed by atoms with Crippen LogP contribution in [0.15, 0.2) is 54.6 Å². The topological polar surface area (TPSA) is 49.8 Å². The Hall–Kier alpha value is -2.59. The number of nitrogens with zero attached hydrogens (tertiary/aromatic N) is 1. The molecule has 118 valence electrons. The minimum Gasteiger partial charge on any atom is -0.496 e. The second-order valence-electron chi connectivity index (χ2n) is 5.53. The zero-order valence-electron chi connectivity index (χ0n) is 13.0. The molecule has 2 aromatic rings. The third-order valence-electron chi connectivity index (χ3n) is 3.90. The zero-order chi connectivity index (χ0) is 16.2. The van der Waals surface area contributed by atoms with Gasteiger partial charge in [-0.15, -0.1) is 0 Å². The van der Waals surface area contributed by atoms with Crippen LogP contribution in [0.2, 0.25) is 0 Å². The molecule has 3 rings (SSSR count). The lowest BCUT2D eigenvalue weighted by atomic mass is 9.99. The van der Waals surface area contributed by atoms with Gasteiger partial charge in [-0.1, -0.05) is 48.5 Å². The molecule has 0 saturated carbocycles. The Morgan fingerprint density at radius 2 is 1.78 bits per heavy atom. The lowest BCUT2D eigenvalue weighted by Gasteiger charge is -2.36. The van der Waals surface area contributed by atoms with Crippen molar-refractivity contribution in [3.63, 3.8) is 0 Å². The molecular weight excluding hydrogens is 290 g/mol. The van der Waals surface area contributed by atoms with Gasteiger partial charge in [0.05, 0.1) is 13.2 Å². The summed E-state index contributed by atoms with van der Waals surface area (Å²) in [4.78, 5) is 14.4. The SMILES string of the molecule is COc1ccccc1/C=C(/C(=O)N1CC(O)C1)c1ccccc1. The average molecular weight is 309 g/mol. The first-order valence-electron chi connectivity index (χ1n) is 7.56. The third-order valence-corrected chi connectivity index (χ3v) is 3.90. The van der Waals surface area contributed by atoms with Crippen molar-refractivity contribution >= 4 is 17.6 Å². The number of aliphatic hydroxyl groups is 1. The number of amides is 1. The van der Waals surface area contributed by atoms with Gasteiger partial charge in [0.15, 0.2) is 0 Å². The molecule has 1 N–H and O–H groups in total. The lowest BCUT2D eigenvalue weighted by Crippen LogP contribution is -2.53. The number of hydrogen-bond acceptors (Lipinski definition) is 3. The van der Waals surface area contributed by atoms with E-state index in [2.05, 4.69) is 0 Å². The number of carbonyl (C=O) groups excluding carboxylic acids is 1. The molecular formula is C19H19NO3. The Labute approximate surface area is 135 Å². The van der Waals surface area contributed by atoms with Gasteiger partial charge in [0.1, 0.15) is 5.75 Å². The molecule has 0 radical (unpaired) electrons. The van der Waals surface area contributed by atoms with Gasteiger partial charge in [-0.3, -0.25) is 4.79 Å². The number of para-hydroxylation sites is 1.